The van der Waals surface area contributed by atoms with Gasteiger partial charge in [-0.3, -0.25) is 4.79 Å². The molecule has 1 aromatic heterocycles. The number of amides is 1. The highest BCUT2D eigenvalue weighted by Crippen LogP contribution is 2.29. The Morgan fingerprint density at radius 3 is 2.88 bits per heavy atom. The summed E-state index contributed by atoms with van der Waals surface area (Å²) in [6.45, 7) is 14.5. The Morgan fingerprint density at radius 2 is 2.21 bits per heavy atom. The molecular weight excluding hydrogens is 320 g/mol. The quantitative estimate of drug-likeness (QED) is 0.804. The van der Waals surface area contributed by atoms with Crippen LogP contribution in [-0.2, 0) is 4.79 Å². The predicted molar refractivity (Wildman–Crippen MR) is 101 cm³/mol. The van der Waals surface area contributed by atoms with Gasteiger partial charge < -0.3 is 15.0 Å². The Labute approximate surface area is 150 Å². The summed E-state index contributed by atoms with van der Waals surface area (Å²) in [5.41, 5.74) is 0.353. The van der Waals surface area contributed by atoms with Gasteiger partial charge in [-0.2, -0.15) is 0 Å². The van der Waals surface area contributed by atoms with Gasteiger partial charge >= 0.3 is 0 Å². The first-order valence-corrected chi connectivity index (χ1v) is 9.85. The number of thiophene rings is 1. The first-order chi connectivity index (χ1) is 11.3. The number of nitrogens with zero attached hydrogens (tertiary/aromatic N) is 1. The normalized spacial score (nSPS) is 20.1. The lowest BCUT2D eigenvalue weighted by Gasteiger charge is -2.23. The zero-order valence-electron chi connectivity index (χ0n) is 15.7. The minimum Gasteiger partial charge on any atom is -0.484 e. The van der Waals surface area contributed by atoms with E-state index in [1.165, 1.54) is 6.42 Å². The molecule has 1 aliphatic rings. The molecule has 2 heterocycles. The zero-order chi connectivity index (χ0) is 17.7. The largest absolute Gasteiger partial charge is 0.484 e. The SMILES string of the molecule is CCOc1ccc([C@@H](C)NC(=O)[C@@H]2CCN(CCC(C)(C)C)C2)s1. The second-order valence-corrected chi connectivity index (χ2v) is 8.99. The number of carbonyl (C=O) groups is 1. The molecule has 136 valence electrons. The topological polar surface area (TPSA) is 41.6 Å². The molecule has 0 spiro atoms. The van der Waals surface area contributed by atoms with E-state index in [4.69, 9.17) is 4.74 Å². The van der Waals surface area contributed by atoms with Gasteiger partial charge in [0.2, 0.25) is 5.91 Å². The molecule has 0 aliphatic carbocycles. The maximum Gasteiger partial charge on any atom is 0.224 e. The van der Waals surface area contributed by atoms with E-state index in [1.807, 2.05) is 26.0 Å². The molecule has 0 saturated carbocycles. The lowest BCUT2D eigenvalue weighted by atomic mass is 9.92. The molecule has 0 bridgehead atoms. The second kappa shape index (κ2) is 8.34. The van der Waals surface area contributed by atoms with Crippen molar-refractivity contribution >= 4 is 17.2 Å². The molecule has 1 aliphatic heterocycles. The monoisotopic (exact) mass is 352 g/mol. The van der Waals surface area contributed by atoms with Crippen molar-refractivity contribution in [1.82, 2.24) is 10.2 Å². The fraction of sp³-hybridized carbons (Fsp3) is 0.737. The summed E-state index contributed by atoms with van der Waals surface area (Å²) in [5, 5.41) is 4.09. The highest BCUT2D eigenvalue weighted by atomic mass is 32.1. The number of hydrogen-bond acceptors (Lipinski definition) is 4. The Kier molecular flexibility index (Phi) is 6.70. The molecule has 0 radical (unpaired) electrons. The Bertz CT molecular complexity index is 536. The van der Waals surface area contributed by atoms with Crippen LogP contribution in [0.5, 0.6) is 5.06 Å². The number of hydrogen-bond donors (Lipinski definition) is 1. The minimum absolute atomic E-state index is 0.0420. The number of likely N-dealkylation sites (tertiary alicyclic amines) is 1. The van der Waals surface area contributed by atoms with E-state index in [2.05, 4.69) is 31.0 Å². The summed E-state index contributed by atoms with van der Waals surface area (Å²) < 4.78 is 5.51. The lowest BCUT2D eigenvalue weighted by molar-refractivity contribution is -0.125. The number of rotatable bonds is 7. The number of carbonyl (C=O) groups excluding carboxylic acids is 1. The van der Waals surface area contributed by atoms with Gasteiger partial charge in [-0.05, 0) is 57.3 Å². The van der Waals surface area contributed by atoms with Gasteiger partial charge in [-0.1, -0.05) is 20.8 Å². The average Bonchev–Trinajstić information content (AvgIpc) is 3.14. The van der Waals surface area contributed by atoms with Gasteiger partial charge in [-0.15, -0.1) is 11.3 Å². The standard InChI is InChI=1S/C19H32N2O2S/c1-6-23-17-8-7-16(24-17)14(2)20-18(22)15-9-11-21(13-15)12-10-19(3,4)5/h7-8,14-15H,6,9-13H2,1-5H3,(H,20,22)/t14-,15-/m1/s1. The molecule has 1 saturated heterocycles. The van der Waals surface area contributed by atoms with Crippen molar-refractivity contribution < 1.29 is 9.53 Å². The van der Waals surface area contributed by atoms with Crippen LogP contribution in [0.4, 0.5) is 0 Å². The lowest BCUT2D eigenvalue weighted by Crippen LogP contribution is -2.34. The maximum atomic E-state index is 12.5. The molecule has 4 nitrogen and oxygen atoms in total. The van der Waals surface area contributed by atoms with Crippen LogP contribution in [0.3, 0.4) is 0 Å². The Hall–Kier alpha value is -1.07. The van der Waals surface area contributed by atoms with E-state index in [9.17, 15) is 4.79 Å². The van der Waals surface area contributed by atoms with Crippen LogP contribution >= 0.6 is 11.3 Å². The third kappa shape index (κ3) is 5.78. The van der Waals surface area contributed by atoms with E-state index >= 15 is 0 Å². The molecule has 1 amide bonds. The summed E-state index contributed by atoms with van der Waals surface area (Å²) in [6.07, 6.45) is 2.14. The van der Waals surface area contributed by atoms with Crippen molar-refractivity contribution in [2.24, 2.45) is 11.3 Å². The van der Waals surface area contributed by atoms with Crippen molar-refractivity contribution in [2.75, 3.05) is 26.2 Å². The fourth-order valence-corrected chi connectivity index (χ4v) is 3.85. The molecule has 2 atom stereocenters. The van der Waals surface area contributed by atoms with E-state index in [0.29, 0.717) is 12.0 Å². The summed E-state index contributed by atoms with van der Waals surface area (Å²) >= 11 is 1.61. The van der Waals surface area contributed by atoms with Crippen LogP contribution in [0, 0.1) is 11.3 Å². The molecule has 1 N–H and O–H groups in total. The fourth-order valence-electron chi connectivity index (χ4n) is 2.93. The van der Waals surface area contributed by atoms with E-state index in [1.54, 1.807) is 11.3 Å². The third-order valence-corrected chi connectivity index (χ3v) is 5.68. The average molecular weight is 353 g/mol. The van der Waals surface area contributed by atoms with Crippen molar-refractivity contribution in [1.29, 1.82) is 0 Å². The molecule has 24 heavy (non-hydrogen) atoms. The van der Waals surface area contributed by atoms with Crippen molar-refractivity contribution in [3.63, 3.8) is 0 Å². The van der Waals surface area contributed by atoms with Gasteiger partial charge in [0.25, 0.3) is 0 Å². The van der Waals surface area contributed by atoms with E-state index in [-0.39, 0.29) is 17.9 Å². The molecule has 2 rings (SSSR count). The number of nitrogens with one attached hydrogen (secondary N) is 1. The predicted octanol–water partition coefficient (Wildman–Crippen LogP) is 4.08. The van der Waals surface area contributed by atoms with Gasteiger partial charge in [0, 0.05) is 11.4 Å². The molecule has 5 heteroatoms. The Morgan fingerprint density at radius 1 is 1.46 bits per heavy atom. The first-order valence-electron chi connectivity index (χ1n) is 9.04. The zero-order valence-corrected chi connectivity index (χ0v) is 16.5. The summed E-state index contributed by atoms with van der Waals surface area (Å²) in [5.74, 6) is 0.311. The summed E-state index contributed by atoms with van der Waals surface area (Å²) in [6, 6.07) is 4.07. The van der Waals surface area contributed by atoms with E-state index in [0.717, 1.165) is 36.0 Å². The molecule has 1 fully saturated rings. The highest BCUT2D eigenvalue weighted by molar-refractivity contribution is 7.13. The summed E-state index contributed by atoms with van der Waals surface area (Å²) in [7, 11) is 0. The molecular formula is C19H32N2O2S. The Balaban J connectivity index is 1.79. The summed E-state index contributed by atoms with van der Waals surface area (Å²) in [4.78, 5) is 16.1. The van der Waals surface area contributed by atoms with Crippen LogP contribution in [0.1, 0.15) is 58.4 Å². The molecule has 0 aromatic carbocycles. The van der Waals surface area contributed by atoms with Crippen molar-refractivity contribution in [2.45, 2.75) is 53.5 Å². The first kappa shape index (κ1) is 19.3. The maximum absolute atomic E-state index is 12.5. The van der Waals surface area contributed by atoms with Gasteiger partial charge in [0.05, 0.1) is 18.6 Å². The van der Waals surface area contributed by atoms with Gasteiger partial charge in [-0.25, -0.2) is 0 Å². The van der Waals surface area contributed by atoms with E-state index < -0.39 is 0 Å². The van der Waals surface area contributed by atoms with Crippen LogP contribution < -0.4 is 10.1 Å². The van der Waals surface area contributed by atoms with Crippen LogP contribution in [0.2, 0.25) is 0 Å². The minimum atomic E-state index is 0.0420. The highest BCUT2D eigenvalue weighted by Gasteiger charge is 2.29. The smallest absolute Gasteiger partial charge is 0.224 e. The molecule has 0 unspecified atom stereocenters. The van der Waals surface area contributed by atoms with Crippen LogP contribution in [-0.4, -0.2) is 37.0 Å². The van der Waals surface area contributed by atoms with Gasteiger partial charge in [0.1, 0.15) is 0 Å². The van der Waals surface area contributed by atoms with Gasteiger partial charge in [0.15, 0.2) is 5.06 Å². The third-order valence-electron chi connectivity index (χ3n) is 4.50. The van der Waals surface area contributed by atoms with Crippen LogP contribution in [0.15, 0.2) is 12.1 Å². The van der Waals surface area contributed by atoms with Crippen LogP contribution in [0.25, 0.3) is 0 Å². The molecule has 1 aromatic rings. The number of ether oxygens (including phenoxy) is 1. The second-order valence-electron chi connectivity index (χ2n) is 7.92. The van der Waals surface area contributed by atoms with Crippen molar-refractivity contribution in [3.05, 3.63) is 17.0 Å². The van der Waals surface area contributed by atoms with Crippen molar-refractivity contribution in [3.8, 4) is 5.06 Å².